The fourth-order valence-electron chi connectivity index (χ4n) is 2.50. The highest BCUT2D eigenvalue weighted by Crippen LogP contribution is 2.17. The molecule has 2 N–H and O–H groups in total. The summed E-state index contributed by atoms with van der Waals surface area (Å²) in [6, 6.07) is 13.0. The maximum Gasteiger partial charge on any atom is 0.220 e. The van der Waals surface area contributed by atoms with Crippen molar-refractivity contribution >= 4 is 11.6 Å². The molecule has 1 amide bonds. The van der Waals surface area contributed by atoms with E-state index in [2.05, 4.69) is 10.3 Å². The number of aryl methyl sites for hydroxylation is 1. The summed E-state index contributed by atoms with van der Waals surface area (Å²) >= 11 is 0. The fourth-order valence-corrected chi connectivity index (χ4v) is 2.50. The van der Waals surface area contributed by atoms with Crippen LogP contribution < -0.4 is 5.32 Å². The third kappa shape index (κ3) is 3.88. The Labute approximate surface area is 134 Å². The zero-order valence-electron chi connectivity index (χ0n) is 12.8. The number of aromatic hydroxyl groups is 1. The van der Waals surface area contributed by atoms with Gasteiger partial charge in [-0.15, -0.1) is 0 Å². The van der Waals surface area contributed by atoms with Gasteiger partial charge in [-0.1, -0.05) is 24.3 Å². The van der Waals surface area contributed by atoms with E-state index in [-0.39, 0.29) is 11.7 Å². The van der Waals surface area contributed by atoms with Gasteiger partial charge in [-0.05, 0) is 30.2 Å². The van der Waals surface area contributed by atoms with Crippen molar-refractivity contribution in [2.45, 2.75) is 19.3 Å². The number of carbonyl (C=O) groups is 1. The number of pyridine rings is 1. The number of aromatic nitrogens is 2. The second-order valence-electron chi connectivity index (χ2n) is 5.43. The SMILES string of the molecule is O=C(CCc1ccccc1O)NCCc1cn2ccccc2n1. The predicted molar refractivity (Wildman–Crippen MR) is 88.3 cm³/mol. The van der Waals surface area contributed by atoms with Crippen molar-refractivity contribution in [2.24, 2.45) is 0 Å². The molecule has 0 saturated carbocycles. The molecular formula is C18H19N3O2. The van der Waals surface area contributed by atoms with E-state index in [1.165, 1.54) is 0 Å². The van der Waals surface area contributed by atoms with Crippen LogP contribution in [0.3, 0.4) is 0 Å². The number of fused-ring (bicyclic) bond motifs is 1. The third-order valence-electron chi connectivity index (χ3n) is 3.73. The lowest BCUT2D eigenvalue weighted by Gasteiger charge is -2.05. The molecule has 5 nitrogen and oxygen atoms in total. The van der Waals surface area contributed by atoms with Crippen molar-refractivity contribution < 1.29 is 9.90 Å². The van der Waals surface area contributed by atoms with E-state index in [0.717, 1.165) is 16.9 Å². The Morgan fingerprint density at radius 2 is 1.96 bits per heavy atom. The number of phenolic OH excluding ortho intramolecular Hbond substituents is 1. The molecule has 0 spiro atoms. The predicted octanol–water partition coefficient (Wildman–Crippen LogP) is 2.33. The van der Waals surface area contributed by atoms with Gasteiger partial charge in [0.15, 0.2) is 0 Å². The van der Waals surface area contributed by atoms with E-state index in [1.54, 1.807) is 12.1 Å². The number of para-hydroxylation sites is 1. The number of hydrogen-bond donors (Lipinski definition) is 2. The topological polar surface area (TPSA) is 66.6 Å². The lowest BCUT2D eigenvalue weighted by atomic mass is 10.1. The summed E-state index contributed by atoms with van der Waals surface area (Å²) in [5.41, 5.74) is 2.66. The molecule has 3 aromatic rings. The van der Waals surface area contributed by atoms with E-state index in [1.807, 2.05) is 47.1 Å². The van der Waals surface area contributed by atoms with Crippen LogP contribution in [0.25, 0.3) is 5.65 Å². The lowest BCUT2D eigenvalue weighted by Crippen LogP contribution is -2.25. The number of carbonyl (C=O) groups excluding carboxylic acids is 1. The van der Waals surface area contributed by atoms with Crippen LogP contribution in [0.2, 0.25) is 0 Å². The first-order chi connectivity index (χ1) is 11.2. The minimum Gasteiger partial charge on any atom is -0.508 e. The summed E-state index contributed by atoms with van der Waals surface area (Å²) in [5, 5.41) is 12.6. The van der Waals surface area contributed by atoms with E-state index in [4.69, 9.17) is 0 Å². The highest BCUT2D eigenvalue weighted by Gasteiger charge is 2.06. The zero-order valence-corrected chi connectivity index (χ0v) is 12.8. The first-order valence-electron chi connectivity index (χ1n) is 7.68. The van der Waals surface area contributed by atoms with E-state index in [9.17, 15) is 9.90 Å². The monoisotopic (exact) mass is 309 g/mol. The van der Waals surface area contributed by atoms with Crippen LogP contribution in [-0.2, 0) is 17.6 Å². The van der Waals surface area contributed by atoms with Crippen LogP contribution >= 0.6 is 0 Å². The van der Waals surface area contributed by atoms with Gasteiger partial charge in [-0.3, -0.25) is 4.79 Å². The Balaban J connectivity index is 1.45. The Morgan fingerprint density at radius 1 is 1.13 bits per heavy atom. The summed E-state index contributed by atoms with van der Waals surface area (Å²) in [7, 11) is 0. The molecule has 23 heavy (non-hydrogen) atoms. The minimum absolute atomic E-state index is 0.0167. The Kier molecular flexibility index (Phi) is 4.57. The molecule has 2 aromatic heterocycles. The highest BCUT2D eigenvalue weighted by molar-refractivity contribution is 5.76. The van der Waals surface area contributed by atoms with Crippen LogP contribution in [0.4, 0.5) is 0 Å². The van der Waals surface area contributed by atoms with Crippen molar-refractivity contribution in [2.75, 3.05) is 6.54 Å². The molecule has 0 radical (unpaired) electrons. The third-order valence-corrected chi connectivity index (χ3v) is 3.73. The molecular weight excluding hydrogens is 290 g/mol. The molecule has 118 valence electrons. The summed E-state index contributed by atoms with van der Waals surface area (Å²) in [5.74, 6) is 0.224. The van der Waals surface area contributed by atoms with Crippen LogP contribution in [0.5, 0.6) is 5.75 Å². The molecule has 0 aliphatic heterocycles. The van der Waals surface area contributed by atoms with E-state index in [0.29, 0.717) is 25.8 Å². The largest absolute Gasteiger partial charge is 0.508 e. The first-order valence-corrected chi connectivity index (χ1v) is 7.68. The molecule has 5 heteroatoms. The van der Waals surface area contributed by atoms with Crippen LogP contribution in [0.1, 0.15) is 17.7 Å². The molecule has 1 aromatic carbocycles. The van der Waals surface area contributed by atoms with Gasteiger partial charge in [0.1, 0.15) is 11.4 Å². The van der Waals surface area contributed by atoms with Gasteiger partial charge in [0.25, 0.3) is 0 Å². The van der Waals surface area contributed by atoms with Crippen molar-refractivity contribution in [1.29, 1.82) is 0 Å². The minimum atomic E-state index is -0.0167. The van der Waals surface area contributed by atoms with Crippen molar-refractivity contribution in [1.82, 2.24) is 14.7 Å². The maximum absolute atomic E-state index is 11.9. The van der Waals surface area contributed by atoms with Crippen molar-refractivity contribution in [3.05, 3.63) is 66.1 Å². The van der Waals surface area contributed by atoms with Crippen molar-refractivity contribution in [3.8, 4) is 5.75 Å². The quantitative estimate of drug-likeness (QED) is 0.734. The van der Waals surface area contributed by atoms with Crippen LogP contribution in [0, 0.1) is 0 Å². The molecule has 0 aliphatic rings. The number of amides is 1. The Bertz CT molecular complexity index is 778. The summed E-state index contributed by atoms with van der Waals surface area (Å²) in [4.78, 5) is 16.4. The van der Waals surface area contributed by atoms with E-state index >= 15 is 0 Å². The van der Waals surface area contributed by atoms with Crippen LogP contribution in [0.15, 0.2) is 54.9 Å². The number of imidazole rings is 1. The van der Waals surface area contributed by atoms with Gasteiger partial charge in [-0.2, -0.15) is 0 Å². The number of hydrogen-bond acceptors (Lipinski definition) is 3. The fraction of sp³-hybridized carbons (Fsp3) is 0.222. The Hall–Kier alpha value is -2.82. The number of nitrogens with one attached hydrogen (secondary N) is 1. The Morgan fingerprint density at radius 3 is 2.78 bits per heavy atom. The van der Waals surface area contributed by atoms with E-state index < -0.39 is 0 Å². The summed E-state index contributed by atoms with van der Waals surface area (Å²) in [6.07, 6.45) is 5.53. The van der Waals surface area contributed by atoms with Crippen LogP contribution in [-0.4, -0.2) is 26.9 Å². The summed E-state index contributed by atoms with van der Waals surface area (Å²) < 4.78 is 1.97. The number of nitrogens with zero attached hydrogens (tertiary/aromatic N) is 2. The first kappa shape index (κ1) is 15.1. The van der Waals surface area contributed by atoms with Gasteiger partial charge in [0.05, 0.1) is 5.69 Å². The molecule has 0 bridgehead atoms. The average Bonchev–Trinajstić information content (AvgIpc) is 2.97. The smallest absolute Gasteiger partial charge is 0.220 e. The van der Waals surface area contributed by atoms with Gasteiger partial charge in [-0.25, -0.2) is 4.98 Å². The van der Waals surface area contributed by atoms with Crippen molar-refractivity contribution in [3.63, 3.8) is 0 Å². The number of rotatable bonds is 6. The number of benzene rings is 1. The van der Waals surface area contributed by atoms with Gasteiger partial charge in [0, 0.05) is 31.8 Å². The maximum atomic E-state index is 11.9. The zero-order chi connectivity index (χ0) is 16.1. The summed E-state index contributed by atoms with van der Waals surface area (Å²) in [6.45, 7) is 0.559. The standard InChI is InChI=1S/C18H19N3O2/c22-16-6-2-1-5-14(16)8-9-18(23)19-11-10-15-13-21-12-4-3-7-17(21)20-15/h1-7,12-13,22H,8-11H2,(H,19,23). The van der Waals surface area contributed by atoms with Gasteiger partial charge in [0.2, 0.25) is 5.91 Å². The number of phenols is 1. The molecule has 0 fully saturated rings. The molecule has 3 rings (SSSR count). The molecule has 0 saturated heterocycles. The second-order valence-corrected chi connectivity index (χ2v) is 5.43. The normalized spacial score (nSPS) is 10.8. The van der Waals surface area contributed by atoms with Gasteiger partial charge >= 0.3 is 0 Å². The average molecular weight is 309 g/mol. The highest BCUT2D eigenvalue weighted by atomic mass is 16.3. The molecule has 0 atom stereocenters. The molecule has 0 aliphatic carbocycles. The van der Waals surface area contributed by atoms with Gasteiger partial charge < -0.3 is 14.8 Å². The lowest BCUT2D eigenvalue weighted by molar-refractivity contribution is -0.121. The molecule has 0 unspecified atom stereocenters. The molecule has 2 heterocycles. The second kappa shape index (κ2) is 6.96.